The number of rotatable bonds is 18. The van der Waals surface area contributed by atoms with Crippen LogP contribution in [0, 0.1) is 11.8 Å². The van der Waals surface area contributed by atoms with Crippen LogP contribution in [0.1, 0.15) is 45.4 Å². The molecule has 0 radical (unpaired) electrons. The van der Waals surface area contributed by atoms with Gasteiger partial charge >= 0.3 is 17.9 Å². The first kappa shape index (κ1) is 27.7. The van der Waals surface area contributed by atoms with Gasteiger partial charge in [0.15, 0.2) is 0 Å². The van der Waals surface area contributed by atoms with E-state index >= 15 is 0 Å². The van der Waals surface area contributed by atoms with Crippen molar-refractivity contribution in [3.8, 4) is 0 Å². The second-order valence-corrected chi connectivity index (χ2v) is 8.03. The van der Waals surface area contributed by atoms with E-state index in [1.807, 2.05) is 0 Å². The van der Waals surface area contributed by atoms with Crippen LogP contribution in [0.4, 0.5) is 0 Å². The molecular formula is C20H38N2O6S. The summed E-state index contributed by atoms with van der Waals surface area (Å²) in [5, 5.41) is 2.91. The minimum absolute atomic E-state index is 0.282. The van der Waals surface area contributed by atoms with E-state index in [4.69, 9.17) is 15.2 Å². The molecule has 29 heavy (non-hydrogen) atoms. The Balaban J connectivity index is 4.51. The van der Waals surface area contributed by atoms with Gasteiger partial charge in [-0.3, -0.25) is 14.4 Å². The van der Waals surface area contributed by atoms with Crippen molar-refractivity contribution >= 4 is 29.7 Å². The summed E-state index contributed by atoms with van der Waals surface area (Å²) in [6.45, 7) is 3.68. The Morgan fingerprint density at radius 3 is 2.38 bits per heavy atom. The number of carbonyl (C=O) groups excluding carboxylic acids is 3. The van der Waals surface area contributed by atoms with Crippen molar-refractivity contribution in [3.63, 3.8) is 0 Å². The molecule has 0 aromatic rings. The predicted octanol–water partition coefficient (Wildman–Crippen LogP) is 1.75. The first-order chi connectivity index (χ1) is 14.0. The minimum Gasteiger partial charge on any atom is -0.469 e. The predicted molar refractivity (Wildman–Crippen MR) is 115 cm³/mol. The highest BCUT2D eigenvalue weighted by Gasteiger charge is 2.26. The van der Waals surface area contributed by atoms with Gasteiger partial charge in [-0.15, -0.1) is 0 Å². The highest BCUT2D eigenvalue weighted by atomic mass is 32.2. The van der Waals surface area contributed by atoms with Gasteiger partial charge in [0.2, 0.25) is 0 Å². The van der Waals surface area contributed by atoms with Crippen LogP contribution in [-0.2, 0) is 28.6 Å². The average molecular weight is 435 g/mol. The third-order valence-electron chi connectivity index (χ3n) is 4.31. The zero-order chi connectivity index (χ0) is 21.9. The second kappa shape index (κ2) is 18.7. The molecule has 0 aromatic heterocycles. The Labute approximate surface area is 179 Å². The summed E-state index contributed by atoms with van der Waals surface area (Å²) in [4.78, 5) is 35.9. The molecule has 0 aliphatic carbocycles. The molecule has 0 aliphatic rings. The minimum atomic E-state index is -0.423. The molecule has 0 amide bonds. The molecule has 2 unspecified atom stereocenters. The van der Waals surface area contributed by atoms with Gasteiger partial charge in [-0.2, -0.15) is 11.8 Å². The molecule has 0 rings (SSSR count). The highest BCUT2D eigenvalue weighted by Crippen LogP contribution is 2.21. The van der Waals surface area contributed by atoms with Crippen LogP contribution in [0.25, 0.3) is 0 Å². The van der Waals surface area contributed by atoms with Crippen LogP contribution in [0.5, 0.6) is 0 Å². The zero-order valence-electron chi connectivity index (χ0n) is 18.1. The Kier molecular flexibility index (Phi) is 17.8. The number of carbonyl (C=O) groups is 3. The molecule has 8 nitrogen and oxygen atoms in total. The van der Waals surface area contributed by atoms with E-state index in [0.29, 0.717) is 44.2 Å². The Bertz CT molecular complexity index is 464. The van der Waals surface area contributed by atoms with Crippen molar-refractivity contribution in [2.24, 2.45) is 17.6 Å². The van der Waals surface area contributed by atoms with Gasteiger partial charge in [0, 0.05) is 18.1 Å². The average Bonchev–Trinajstić information content (AvgIpc) is 2.72. The first-order valence-electron chi connectivity index (χ1n) is 10.3. The first-order valence-corrected chi connectivity index (χ1v) is 11.4. The largest absolute Gasteiger partial charge is 0.469 e. The topological polar surface area (TPSA) is 117 Å². The molecule has 0 aromatic carbocycles. The SMILES string of the molecule is CNCCOC(=O)C(C)CC(CSCCC(=O)OC)C(=O)OCCCCCCN. The van der Waals surface area contributed by atoms with Gasteiger partial charge in [0.05, 0.1) is 32.0 Å². The molecule has 2 atom stereocenters. The lowest BCUT2D eigenvalue weighted by Crippen LogP contribution is -2.27. The van der Waals surface area contributed by atoms with Gasteiger partial charge in [0.1, 0.15) is 6.61 Å². The van der Waals surface area contributed by atoms with Crippen LogP contribution in [0.3, 0.4) is 0 Å². The molecule has 0 spiro atoms. The molecular weight excluding hydrogens is 396 g/mol. The Morgan fingerprint density at radius 2 is 1.72 bits per heavy atom. The van der Waals surface area contributed by atoms with Crippen molar-refractivity contribution in [2.75, 3.05) is 52.0 Å². The van der Waals surface area contributed by atoms with Gasteiger partial charge < -0.3 is 25.3 Å². The number of ether oxygens (including phenoxy) is 3. The molecule has 0 heterocycles. The van der Waals surface area contributed by atoms with E-state index in [2.05, 4.69) is 10.1 Å². The molecule has 0 bridgehead atoms. The highest BCUT2D eigenvalue weighted by molar-refractivity contribution is 7.99. The van der Waals surface area contributed by atoms with E-state index in [9.17, 15) is 14.4 Å². The summed E-state index contributed by atoms with van der Waals surface area (Å²) < 4.78 is 15.2. The quantitative estimate of drug-likeness (QED) is 0.189. The van der Waals surface area contributed by atoms with Crippen molar-refractivity contribution in [1.29, 1.82) is 0 Å². The standard InChI is InChI=1S/C20H38N2O6S/c1-16(19(24)28-12-10-22-2)14-17(15-29-13-8-18(23)26-3)20(25)27-11-7-5-4-6-9-21/h16-17,22H,4-15,21H2,1-3H3. The number of unbranched alkanes of at least 4 members (excludes halogenated alkanes) is 3. The van der Waals surface area contributed by atoms with Gasteiger partial charge in [-0.05, 0) is 32.9 Å². The summed E-state index contributed by atoms with van der Waals surface area (Å²) in [6.07, 6.45) is 4.41. The maximum atomic E-state index is 12.5. The maximum absolute atomic E-state index is 12.5. The molecule has 0 fully saturated rings. The fourth-order valence-electron chi connectivity index (χ4n) is 2.52. The van der Waals surface area contributed by atoms with Crippen molar-refractivity contribution in [1.82, 2.24) is 5.32 Å². The van der Waals surface area contributed by atoms with Crippen LogP contribution in [-0.4, -0.2) is 69.9 Å². The number of hydrogen-bond acceptors (Lipinski definition) is 9. The normalized spacial score (nSPS) is 12.8. The van der Waals surface area contributed by atoms with Gasteiger partial charge in [-0.1, -0.05) is 19.8 Å². The van der Waals surface area contributed by atoms with E-state index in [0.717, 1.165) is 25.7 Å². The van der Waals surface area contributed by atoms with Gasteiger partial charge in [0.25, 0.3) is 0 Å². The molecule has 0 aliphatic heterocycles. The van der Waals surface area contributed by atoms with Crippen LogP contribution in [0.2, 0.25) is 0 Å². The lowest BCUT2D eigenvalue weighted by Gasteiger charge is -2.19. The van der Waals surface area contributed by atoms with Crippen molar-refractivity contribution in [2.45, 2.75) is 45.4 Å². The Morgan fingerprint density at radius 1 is 1.03 bits per heavy atom. The lowest BCUT2D eigenvalue weighted by molar-refractivity contribution is -0.151. The summed E-state index contributed by atoms with van der Waals surface area (Å²) in [7, 11) is 3.13. The fraction of sp³-hybridized carbons (Fsp3) is 0.850. The van der Waals surface area contributed by atoms with Crippen LogP contribution < -0.4 is 11.1 Å². The van der Waals surface area contributed by atoms with E-state index < -0.39 is 11.8 Å². The zero-order valence-corrected chi connectivity index (χ0v) is 18.9. The number of esters is 3. The van der Waals surface area contributed by atoms with E-state index in [1.165, 1.54) is 18.9 Å². The number of nitrogens with two attached hydrogens (primary N) is 1. The summed E-state index contributed by atoms with van der Waals surface area (Å²) in [5.74, 6) is -0.698. The fourth-order valence-corrected chi connectivity index (χ4v) is 3.56. The molecule has 9 heteroatoms. The van der Waals surface area contributed by atoms with E-state index in [-0.39, 0.29) is 24.3 Å². The third kappa shape index (κ3) is 15.2. The second-order valence-electron chi connectivity index (χ2n) is 6.88. The van der Waals surface area contributed by atoms with Crippen molar-refractivity contribution in [3.05, 3.63) is 0 Å². The third-order valence-corrected chi connectivity index (χ3v) is 5.44. The van der Waals surface area contributed by atoms with Gasteiger partial charge in [-0.25, -0.2) is 0 Å². The summed E-state index contributed by atoms with van der Waals surface area (Å²) in [5.41, 5.74) is 5.47. The maximum Gasteiger partial charge on any atom is 0.309 e. The van der Waals surface area contributed by atoms with Crippen molar-refractivity contribution < 1.29 is 28.6 Å². The molecule has 0 saturated heterocycles. The molecule has 0 saturated carbocycles. The number of hydrogen-bond donors (Lipinski definition) is 2. The Hall–Kier alpha value is -1.32. The number of likely N-dealkylation sites (N-methyl/N-ethyl adjacent to an activating group) is 1. The summed E-state index contributed by atoms with van der Waals surface area (Å²) in [6, 6.07) is 0. The summed E-state index contributed by atoms with van der Waals surface area (Å²) >= 11 is 1.48. The van der Waals surface area contributed by atoms with E-state index in [1.54, 1.807) is 14.0 Å². The van der Waals surface area contributed by atoms with Crippen LogP contribution in [0.15, 0.2) is 0 Å². The number of nitrogens with one attached hydrogen (secondary N) is 1. The van der Waals surface area contributed by atoms with Crippen LogP contribution >= 0.6 is 11.8 Å². The smallest absolute Gasteiger partial charge is 0.309 e. The molecule has 170 valence electrons. The monoisotopic (exact) mass is 434 g/mol. The number of thioether (sulfide) groups is 1. The molecule has 3 N–H and O–H groups in total. The number of methoxy groups -OCH3 is 1. The lowest BCUT2D eigenvalue weighted by atomic mass is 9.97.